The Morgan fingerprint density at radius 3 is 3.14 bits per heavy atom. The van der Waals surface area contributed by atoms with Crippen molar-refractivity contribution in [2.24, 2.45) is 23.7 Å². The van der Waals surface area contributed by atoms with E-state index in [9.17, 15) is 5.11 Å². The standard InChI is InChI=1S/C19H28N2O/c1-2-12-7-11-8-16-18-14(5-6-21(10-11)19(12)16)15-9-13(22)3-4-17(15)20-18/h3,9,11-12,14,16-20,22H,2,4-8,10H2,1H3/t11-,12-,14?,16-,17?,18?,19?/m0/s1. The van der Waals surface area contributed by atoms with E-state index in [1.54, 1.807) is 0 Å². The van der Waals surface area contributed by atoms with Crippen molar-refractivity contribution in [2.45, 2.75) is 57.2 Å². The lowest BCUT2D eigenvalue weighted by Crippen LogP contribution is -2.60. The van der Waals surface area contributed by atoms with Crippen LogP contribution < -0.4 is 5.32 Å². The second-order valence-electron chi connectivity index (χ2n) is 8.30. The van der Waals surface area contributed by atoms with Crippen LogP contribution in [0.1, 0.15) is 39.0 Å². The Hall–Kier alpha value is -0.800. The molecule has 0 aromatic heterocycles. The third-order valence-corrected chi connectivity index (χ3v) is 7.33. The molecule has 5 fully saturated rings. The zero-order valence-corrected chi connectivity index (χ0v) is 13.5. The van der Waals surface area contributed by atoms with Gasteiger partial charge < -0.3 is 10.4 Å². The fourth-order valence-electron chi connectivity index (χ4n) is 6.58. The minimum Gasteiger partial charge on any atom is -0.508 e. The molecular formula is C19H28N2O. The fourth-order valence-corrected chi connectivity index (χ4v) is 6.58. The molecular weight excluding hydrogens is 272 g/mol. The van der Waals surface area contributed by atoms with Crippen LogP contribution in [0.4, 0.5) is 0 Å². The highest BCUT2D eigenvalue weighted by atomic mass is 16.3. The van der Waals surface area contributed by atoms with Gasteiger partial charge in [-0.3, -0.25) is 4.90 Å². The monoisotopic (exact) mass is 300 g/mol. The van der Waals surface area contributed by atoms with E-state index in [4.69, 9.17) is 0 Å². The van der Waals surface area contributed by atoms with Gasteiger partial charge in [-0.05, 0) is 73.6 Å². The summed E-state index contributed by atoms with van der Waals surface area (Å²) in [6.45, 7) is 5.01. The fraction of sp³-hybridized carbons (Fsp3) is 0.789. The summed E-state index contributed by atoms with van der Waals surface area (Å²) in [5.74, 6) is 3.84. The topological polar surface area (TPSA) is 35.5 Å². The summed E-state index contributed by atoms with van der Waals surface area (Å²) < 4.78 is 0. The number of rotatable bonds is 1. The molecule has 2 N–H and O–H groups in total. The minimum atomic E-state index is 0.495. The van der Waals surface area contributed by atoms with Gasteiger partial charge in [-0.1, -0.05) is 13.3 Å². The van der Waals surface area contributed by atoms with E-state index < -0.39 is 0 Å². The van der Waals surface area contributed by atoms with Crippen LogP contribution in [-0.4, -0.2) is 41.2 Å². The van der Waals surface area contributed by atoms with Crippen molar-refractivity contribution < 1.29 is 5.11 Å². The van der Waals surface area contributed by atoms with E-state index in [-0.39, 0.29) is 0 Å². The molecule has 2 aliphatic carbocycles. The molecule has 1 saturated carbocycles. The van der Waals surface area contributed by atoms with E-state index >= 15 is 0 Å². The summed E-state index contributed by atoms with van der Waals surface area (Å²) in [6.07, 6.45) is 10.6. The number of hydrogen-bond donors (Lipinski definition) is 2. The molecule has 120 valence electrons. The maximum absolute atomic E-state index is 9.94. The van der Waals surface area contributed by atoms with Crippen molar-refractivity contribution in [3.05, 3.63) is 23.5 Å². The van der Waals surface area contributed by atoms with Gasteiger partial charge in [-0.15, -0.1) is 0 Å². The van der Waals surface area contributed by atoms with E-state index in [0.29, 0.717) is 23.8 Å². The van der Waals surface area contributed by atoms with Gasteiger partial charge in [-0.25, -0.2) is 0 Å². The number of hydrogen-bond acceptors (Lipinski definition) is 3. The van der Waals surface area contributed by atoms with E-state index in [0.717, 1.165) is 30.2 Å². The molecule has 5 unspecified atom stereocenters. The number of fused-ring (bicyclic) bond motifs is 4. The van der Waals surface area contributed by atoms with Crippen molar-refractivity contribution >= 4 is 0 Å². The molecule has 6 aliphatic rings. The third-order valence-electron chi connectivity index (χ3n) is 7.33. The molecule has 6 rings (SSSR count). The van der Waals surface area contributed by atoms with Gasteiger partial charge in [-0.2, -0.15) is 0 Å². The van der Waals surface area contributed by atoms with E-state index in [1.165, 1.54) is 44.3 Å². The van der Waals surface area contributed by atoms with Crippen molar-refractivity contribution in [1.29, 1.82) is 0 Å². The van der Waals surface area contributed by atoms with Crippen molar-refractivity contribution in [2.75, 3.05) is 13.1 Å². The van der Waals surface area contributed by atoms with Gasteiger partial charge in [0.25, 0.3) is 0 Å². The largest absolute Gasteiger partial charge is 0.508 e. The maximum atomic E-state index is 9.94. The number of aliphatic hydroxyl groups is 1. The highest BCUT2D eigenvalue weighted by Gasteiger charge is 2.54. The van der Waals surface area contributed by atoms with Crippen LogP contribution in [0.3, 0.4) is 0 Å². The van der Waals surface area contributed by atoms with Gasteiger partial charge >= 0.3 is 0 Å². The van der Waals surface area contributed by atoms with E-state index in [2.05, 4.69) is 23.2 Å². The molecule has 0 spiro atoms. The zero-order valence-electron chi connectivity index (χ0n) is 13.5. The average Bonchev–Trinajstić information content (AvgIpc) is 2.85. The molecule has 22 heavy (non-hydrogen) atoms. The van der Waals surface area contributed by atoms with Crippen LogP contribution in [0.15, 0.2) is 23.5 Å². The van der Waals surface area contributed by atoms with Gasteiger partial charge in [0.15, 0.2) is 0 Å². The Kier molecular flexibility index (Phi) is 3.00. The molecule has 4 aliphatic heterocycles. The summed E-state index contributed by atoms with van der Waals surface area (Å²) in [5.41, 5.74) is 1.50. The van der Waals surface area contributed by atoms with Crippen LogP contribution >= 0.6 is 0 Å². The second-order valence-corrected chi connectivity index (χ2v) is 8.30. The molecule has 3 heteroatoms. The Morgan fingerprint density at radius 1 is 1.36 bits per heavy atom. The molecule has 0 aromatic carbocycles. The smallest absolute Gasteiger partial charge is 0.111 e. The quantitative estimate of drug-likeness (QED) is 0.781. The first-order valence-electron chi connectivity index (χ1n) is 9.35. The number of aliphatic hydroxyl groups excluding tert-OH is 1. The van der Waals surface area contributed by atoms with Crippen LogP contribution in [-0.2, 0) is 0 Å². The van der Waals surface area contributed by atoms with Crippen LogP contribution in [0.2, 0.25) is 0 Å². The van der Waals surface area contributed by atoms with E-state index in [1.807, 2.05) is 6.08 Å². The predicted molar refractivity (Wildman–Crippen MR) is 87.6 cm³/mol. The Bertz CT molecular complexity index is 540. The summed E-state index contributed by atoms with van der Waals surface area (Å²) in [6, 6.07) is 1.97. The molecule has 0 aromatic rings. The Labute approximate surface area is 133 Å². The minimum absolute atomic E-state index is 0.495. The first-order chi connectivity index (χ1) is 10.7. The Morgan fingerprint density at radius 2 is 2.27 bits per heavy atom. The average molecular weight is 300 g/mol. The number of nitrogens with zero attached hydrogens (tertiary/aromatic N) is 1. The molecule has 8 atom stereocenters. The predicted octanol–water partition coefficient (Wildman–Crippen LogP) is 2.86. The Balaban J connectivity index is 1.51. The van der Waals surface area contributed by atoms with Crippen LogP contribution in [0.25, 0.3) is 0 Å². The summed E-state index contributed by atoms with van der Waals surface area (Å²) >= 11 is 0. The van der Waals surface area contributed by atoms with Gasteiger partial charge in [0.05, 0.1) is 0 Å². The number of piperidine rings is 2. The van der Waals surface area contributed by atoms with Crippen molar-refractivity contribution in [3.8, 4) is 0 Å². The van der Waals surface area contributed by atoms with Crippen LogP contribution in [0, 0.1) is 23.7 Å². The molecule has 0 amide bonds. The summed E-state index contributed by atoms with van der Waals surface area (Å²) in [5, 5.41) is 13.9. The summed E-state index contributed by atoms with van der Waals surface area (Å²) in [7, 11) is 0. The third kappa shape index (κ3) is 1.81. The lowest BCUT2D eigenvalue weighted by atomic mass is 9.63. The van der Waals surface area contributed by atoms with Crippen molar-refractivity contribution in [3.63, 3.8) is 0 Å². The number of nitrogens with one attached hydrogen (secondary N) is 1. The molecule has 3 nitrogen and oxygen atoms in total. The second kappa shape index (κ2) is 4.85. The molecule has 4 heterocycles. The van der Waals surface area contributed by atoms with Gasteiger partial charge in [0.2, 0.25) is 0 Å². The maximum Gasteiger partial charge on any atom is 0.111 e. The zero-order chi connectivity index (χ0) is 14.8. The molecule has 4 bridgehead atoms. The summed E-state index contributed by atoms with van der Waals surface area (Å²) in [4.78, 5) is 2.84. The SMILES string of the molecule is CC[C@H]1C[C@H]2C[C@H]3C4NC5CC=C(O)C=C5C4CCN(C2)C13. The lowest BCUT2D eigenvalue weighted by Gasteiger charge is -2.54. The number of allylic oxidation sites excluding steroid dienone is 1. The normalized spacial score (nSPS) is 52.4. The van der Waals surface area contributed by atoms with Crippen molar-refractivity contribution in [1.82, 2.24) is 10.2 Å². The molecule has 0 radical (unpaired) electrons. The van der Waals surface area contributed by atoms with Gasteiger partial charge in [0, 0.05) is 24.7 Å². The first-order valence-corrected chi connectivity index (χ1v) is 9.35. The molecule has 4 saturated heterocycles. The van der Waals surface area contributed by atoms with Crippen LogP contribution in [0.5, 0.6) is 0 Å². The lowest BCUT2D eigenvalue weighted by molar-refractivity contribution is -0.0436. The highest BCUT2D eigenvalue weighted by molar-refractivity contribution is 5.35. The highest BCUT2D eigenvalue weighted by Crippen LogP contribution is 2.51. The first kappa shape index (κ1) is 13.6. The van der Waals surface area contributed by atoms with Gasteiger partial charge in [0.1, 0.15) is 5.76 Å².